The Balaban J connectivity index is 2.02. The van der Waals surface area contributed by atoms with Crippen LogP contribution in [0.25, 0.3) is 0 Å². The molecule has 2 heterocycles. The quantitative estimate of drug-likeness (QED) is 0.799. The summed E-state index contributed by atoms with van der Waals surface area (Å²) < 4.78 is 1.16. The van der Waals surface area contributed by atoms with Gasteiger partial charge in [0.2, 0.25) is 0 Å². The van der Waals surface area contributed by atoms with Crippen LogP contribution in [0.2, 0.25) is 5.02 Å². The molecule has 108 valence electrons. The molecule has 0 saturated heterocycles. The van der Waals surface area contributed by atoms with E-state index in [4.69, 9.17) is 11.6 Å². The summed E-state index contributed by atoms with van der Waals surface area (Å²) in [7, 11) is 2.07. The molecule has 0 fully saturated rings. The highest BCUT2D eigenvalue weighted by atomic mass is 79.9. The van der Waals surface area contributed by atoms with E-state index in [1.165, 1.54) is 5.56 Å². The van der Waals surface area contributed by atoms with Crippen LogP contribution in [-0.2, 0) is 13.1 Å². The minimum Gasteiger partial charge on any atom is -0.370 e. The van der Waals surface area contributed by atoms with E-state index < -0.39 is 0 Å². The number of anilines is 1. The van der Waals surface area contributed by atoms with Crippen molar-refractivity contribution in [2.24, 2.45) is 0 Å². The lowest BCUT2D eigenvalue weighted by Crippen LogP contribution is -2.18. The molecule has 0 radical (unpaired) electrons. The van der Waals surface area contributed by atoms with E-state index in [9.17, 15) is 0 Å². The topological polar surface area (TPSA) is 28.2 Å². The van der Waals surface area contributed by atoms with Crippen molar-refractivity contribution in [3.8, 4) is 0 Å². The Kier molecular flexibility index (Phi) is 5.84. The fourth-order valence-corrected chi connectivity index (χ4v) is 3.29. The molecule has 20 heavy (non-hydrogen) atoms. The van der Waals surface area contributed by atoms with Gasteiger partial charge in [-0.25, -0.2) is 4.98 Å². The average molecular weight is 375 g/mol. The third-order valence-corrected chi connectivity index (χ3v) is 4.67. The van der Waals surface area contributed by atoms with Gasteiger partial charge in [-0.3, -0.25) is 4.90 Å². The van der Waals surface area contributed by atoms with Crippen molar-refractivity contribution in [3.63, 3.8) is 0 Å². The van der Waals surface area contributed by atoms with Gasteiger partial charge in [0.05, 0.1) is 14.5 Å². The highest BCUT2D eigenvalue weighted by Crippen LogP contribution is 2.23. The SMILES string of the molecule is CCNc1ccc(Cl)c(CN(C)Cc2csc(Br)c2)n1. The minimum absolute atomic E-state index is 0.713. The Hall–Kier alpha value is -0.620. The average Bonchev–Trinajstić information content (AvgIpc) is 2.79. The Bertz CT molecular complexity index is 573. The van der Waals surface area contributed by atoms with Gasteiger partial charge < -0.3 is 5.32 Å². The van der Waals surface area contributed by atoms with Crippen LogP contribution >= 0.6 is 38.9 Å². The van der Waals surface area contributed by atoms with E-state index in [0.717, 1.165) is 34.9 Å². The molecule has 0 aliphatic carbocycles. The van der Waals surface area contributed by atoms with Gasteiger partial charge in [-0.1, -0.05) is 11.6 Å². The maximum absolute atomic E-state index is 6.23. The molecule has 6 heteroatoms. The highest BCUT2D eigenvalue weighted by Gasteiger charge is 2.09. The fraction of sp³-hybridized carbons (Fsp3) is 0.357. The zero-order valence-corrected chi connectivity index (χ0v) is 14.6. The van der Waals surface area contributed by atoms with E-state index in [0.29, 0.717) is 5.02 Å². The number of hydrogen-bond acceptors (Lipinski definition) is 4. The van der Waals surface area contributed by atoms with E-state index in [2.05, 4.69) is 56.5 Å². The van der Waals surface area contributed by atoms with Crippen LogP contribution in [0.1, 0.15) is 18.2 Å². The molecule has 2 aromatic heterocycles. The second-order valence-corrected chi connectivity index (χ2v) is 7.28. The molecule has 0 saturated carbocycles. The second-order valence-electron chi connectivity index (χ2n) is 4.59. The molecule has 0 amide bonds. The summed E-state index contributed by atoms with van der Waals surface area (Å²) in [5.74, 6) is 0.874. The zero-order valence-electron chi connectivity index (χ0n) is 11.5. The molecule has 0 aliphatic heterocycles. The first-order valence-electron chi connectivity index (χ1n) is 6.39. The van der Waals surface area contributed by atoms with Crippen LogP contribution in [-0.4, -0.2) is 23.5 Å². The van der Waals surface area contributed by atoms with Gasteiger partial charge in [-0.15, -0.1) is 11.3 Å². The number of thiophene rings is 1. The lowest BCUT2D eigenvalue weighted by atomic mass is 10.3. The predicted molar refractivity (Wildman–Crippen MR) is 90.6 cm³/mol. The van der Waals surface area contributed by atoms with Gasteiger partial charge in [0.15, 0.2) is 0 Å². The molecule has 3 nitrogen and oxygen atoms in total. The van der Waals surface area contributed by atoms with Gasteiger partial charge in [0.1, 0.15) is 5.82 Å². The van der Waals surface area contributed by atoms with E-state index in [-0.39, 0.29) is 0 Å². The van der Waals surface area contributed by atoms with Crippen LogP contribution in [0, 0.1) is 0 Å². The smallest absolute Gasteiger partial charge is 0.126 e. The molecule has 1 N–H and O–H groups in total. The van der Waals surface area contributed by atoms with Crippen molar-refractivity contribution in [1.82, 2.24) is 9.88 Å². The van der Waals surface area contributed by atoms with Crippen molar-refractivity contribution in [2.75, 3.05) is 18.9 Å². The number of hydrogen-bond donors (Lipinski definition) is 1. The van der Waals surface area contributed by atoms with E-state index in [1.54, 1.807) is 11.3 Å². The Morgan fingerprint density at radius 3 is 2.85 bits per heavy atom. The molecular formula is C14H17BrClN3S. The monoisotopic (exact) mass is 373 g/mol. The van der Waals surface area contributed by atoms with Crippen molar-refractivity contribution >= 4 is 44.7 Å². The number of nitrogens with zero attached hydrogens (tertiary/aromatic N) is 2. The van der Waals surface area contributed by atoms with Gasteiger partial charge >= 0.3 is 0 Å². The molecule has 2 aromatic rings. The molecule has 0 aliphatic rings. The van der Waals surface area contributed by atoms with Gasteiger partial charge in [0, 0.05) is 19.6 Å². The first-order valence-corrected chi connectivity index (χ1v) is 8.44. The summed E-state index contributed by atoms with van der Waals surface area (Å²) in [4.78, 5) is 6.76. The fourth-order valence-electron chi connectivity index (χ4n) is 1.93. The summed E-state index contributed by atoms with van der Waals surface area (Å²) in [5.41, 5.74) is 2.20. The number of pyridine rings is 1. The third-order valence-electron chi connectivity index (χ3n) is 2.77. The number of rotatable bonds is 6. The number of nitrogens with one attached hydrogen (secondary N) is 1. The molecular weight excluding hydrogens is 358 g/mol. The van der Waals surface area contributed by atoms with Crippen LogP contribution in [0.4, 0.5) is 5.82 Å². The summed E-state index contributed by atoms with van der Waals surface area (Å²) in [5, 5.41) is 6.08. The predicted octanol–water partition coefficient (Wildman–Crippen LogP) is 4.62. The molecule has 0 aromatic carbocycles. The largest absolute Gasteiger partial charge is 0.370 e. The van der Waals surface area contributed by atoms with E-state index in [1.807, 2.05) is 12.1 Å². The molecule has 0 spiro atoms. The zero-order chi connectivity index (χ0) is 14.5. The molecule has 0 unspecified atom stereocenters. The summed E-state index contributed by atoms with van der Waals surface area (Å²) in [6, 6.07) is 5.95. The molecule has 0 bridgehead atoms. The molecule has 2 rings (SSSR count). The lowest BCUT2D eigenvalue weighted by molar-refractivity contribution is 0.315. The van der Waals surface area contributed by atoms with Gasteiger partial charge in [0.25, 0.3) is 0 Å². The maximum Gasteiger partial charge on any atom is 0.126 e. The van der Waals surface area contributed by atoms with Crippen molar-refractivity contribution in [1.29, 1.82) is 0 Å². The summed E-state index contributed by atoms with van der Waals surface area (Å²) in [6.07, 6.45) is 0. The Morgan fingerprint density at radius 1 is 1.40 bits per heavy atom. The number of aromatic nitrogens is 1. The van der Waals surface area contributed by atoms with Crippen molar-refractivity contribution < 1.29 is 0 Å². The van der Waals surface area contributed by atoms with Crippen LogP contribution in [0.5, 0.6) is 0 Å². The van der Waals surface area contributed by atoms with E-state index >= 15 is 0 Å². The first-order chi connectivity index (χ1) is 9.58. The van der Waals surface area contributed by atoms with Crippen LogP contribution in [0.15, 0.2) is 27.4 Å². The van der Waals surface area contributed by atoms with Crippen molar-refractivity contribution in [2.45, 2.75) is 20.0 Å². The summed E-state index contributed by atoms with van der Waals surface area (Å²) in [6.45, 7) is 4.51. The molecule has 0 atom stereocenters. The lowest BCUT2D eigenvalue weighted by Gasteiger charge is -2.17. The third kappa shape index (κ3) is 4.45. The Morgan fingerprint density at radius 2 is 2.20 bits per heavy atom. The maximum atomic E-state index is 6.23. The van der Waals surface area contributed by atoms with Crippen LogP contribution in [0.3, 0.4) is 0 Å². The van der Waals surface area contributed by atoms with Crippen molar-refractivity contribution in [3.05, 3.63) is 43.6 Å². The standard InChI is InChI=1S/C14H17BrClN3S/c1-3-17-14-5-4-11(16)12(18-14)8-19(2)7-10-6-13(15)20-9-10/h4-6,9H,3,7-8H2,1-2H3,(H,17,18). The number of halogens is 2. The Labute approximate surface area is 137 Å². The van der Waals surface area contributed by atoms with Gasteiger partial charge in [-0.2, -0.15) is 0 Å². The van der Waals surface area contributed by atoms with Gasteiger partial charge in [-0.05, 0) is 59.0 Å². The van der Waals surface area contributed by atoms with Crippen LogP contribution < -0.4 is 5.32 Å². The highest BCUT2D eigenvalue weighted by molar-refractivity contribution is 9.11. The minimum atomic E-state index is 0.713. The second kappa shape index (κ2) is 7.41. The first kappa shape index (κ1) is 15.8. The summed E-state index contributed by atoms with van der Waals surface area (Å²) >= 11 is 11.4. The normalized spacial score (nSPS) is 11.1.